The number of hydrogen-bond acceptors (Lipinski definition) is 4. The molecule has 3 rings (SSSR count). The fourth-order valence-corrected chi connectivity index (χ4v) is 3.05. The number of hydrogen-bond donors (Lipinski definition) is 0. The van der Waals surface area contributed by atoms with E-state index in [-0.39, 0.29) is 23.3 Å². The monoisotopic (exact) mass is 386 g/mol. The predicted octanol–water partition coefficient (Wildman–Crippen LogP) is 3.11. The first-order valence-corrected chi connectivity index (χ1v) is 8.86. The van der Waals surface area contributed by atoms with Crippen LogP contribution < -0.4 is 4.74 Å². The van der Waals surface area contributed by atoms with Crippen LogP contribution in [0.5, 0.6) is 5.75 Å². The Hall–Kier alpha value is -2.86. The standard InChI is InChI=1S/C20H19ClN2O4/c1-22(9-4-10-27-15-6-3-5-14(21)12-15)18(24)13-7-8-16-17(11-13)20(26)23(2)19(16)25/h3,5-8,11-12H,4,9-10H2,1-2H3. The van der Waals surface area contributed by atoms with E-state index in [0.717, 1.165) is 4.90 Å². The van der Waals surface area contributed by atoms with E-state index in [9.17, 15) is 14.4 Å². The van der Waals surface area contributed by atoms with Gasteiger partial charge in [0.05, 0.1) is 17.7 Å². The molecule has 0 N–H and O–H groups in total. The van der Waals surface area contributed by atoms with E-state index in [2.05, 4.69) is 0 Å². The quantitative estimate of drug-likeness (QED) is 0.565. The number of amides is 3. The maximum Gasteiger partial charge on any atom is 0.261 e. The van der Waals surface area contributed by atoms with Gasteiger partial charge in [0, 0.05) is 31.2 Å². The highest BCUT2D eigenvalue weighted by atomic mass is 35.5. The summed E-state index contributed by atoms with van der Waals surface area (Å²) in [4.78, 5) is 39.2. The molecule has 0 aliphatic carbocycles. The summed E-state index contributed by atoms with van der Waals surface area (Å²) in [7, 11) is 3.12. The molecule has 2 aromatic carbocycles. The van der Waals surface area contributed by atoms with Crippen molar-refractivity contribution in [3.63, 3.8) is 0 Å². The minimum Gasteiger partial charge on any atom is -0.493 e. The van der Waals surface area contributed by atoms with Crippen molar-refractivity contribution in [1.82, 2.24) is 9.80 Å². The topological polar surface area (TPSA) is 66.9 Å². The van der Waals surface area contributed by atoms with Crippen LogP contribution in [-0.2, 0) is 0 Å². The van der Waals surface area contributed by atoms with Crippen molar-refractivity contribution < 1.29 is 19.1 Å². The van der Waals surface area contributed by atoms with Gasteiger partial charge in [0.25, 0.3) is 17.7 Å². The molecule has 27 heavy (non-hydrogen) atoms. The van der Waals surface area contributed by atoms with Crippen LogP contribution >= 0.6 is 11.6 Å². The van der Waals surface area contributed by atoms with Gasteiger partial charge in [-0.05, 0) is 42.8 Å². The molecule has 0 aromatic heterocycles. The lowest BCUT2D eigenvalue weighted by molar-refractivity contribution is 0.0692. The predicted molar refractivity (Wildman–Crippen MR) is 101 cm³/mol. The molecule has 0 unspecified atom stereocenters. The third kappa shape index (κ3) is 3.95. The Labute approximate surface area is 162 Å². The van der Waals surface area contributed by atoms with Gasteiger partial charge in [-0.15, -0.1) is 0 Å². The first-order valence-electron chi connectivity index (χ1n) is 8.49. The minimum atomic E-state index is -0.387. The van der Waals surface area contributed by atoms with Crippen molar-refractivity contribution in [2.75, 3.05) is 27.2 Å². The SMILES string of the molecule is CN(CCCOc1cccc(Cl)c1)C(=O)c1ccc2c(c1)C(=O)N(C)C2=O. The van der Waals surface area contributed by atoms with E-state index in [1.807, 2.05) is 12.1 Å². The normalized spacial score (nSPS) is 12.9. The van der Waals surface area contributed by atoms with Gasteiger partial charge in [0.2, 0.25) is 0 Å². The van der Waals surface area contributed by atoms with Gasteiger partial charge in [0.15, 0.2) is 0 Å². The van der Waals surface area contributed by atoms with E-state index in [1.165, 1.54) is 19.2 Å². The third-order valence-electron chi connectivity index (χ3n) is 4.39. The van der Waals surface area contributed by atoms with Crippen molar-refractivity contribution >= 4 is 29.3 Å². The van der Waals surface area contributed by atoms with Gasteiger partial charge in [-0.2, -0.15) is 0 Å². The number of imide groups is 1. The Balaban J connectivity index is 1.56. The van der Waals surface area contributed by atoms with Gasteiger partial charge >= 0.3 is 0 Å². The summed E-state index contributed by atoms with van der Waals surface area (Å²) >= 11 is 5.91. The second kappa shape index (κ2) is 7.80. The molecule has 0 radical (unpaired) electrons. The van der Waals surface area contributed by atoms with E-state index < -0.39 is 0 Å². The molecular weight excluding hydrogens is 368 g/mol. The number of nitrogens with zero attached hydrogens (tertiary/aromatic N) is 2. The summed E-state index contributed by atoms with van der Waals surface area (Å²) in [5, 5.41) is 0.607. The van der Waals surface area contributed by atoms with Crippen LogP contribution in [0.15, 0.2) is 42.5 Å². The van der Waals surface area contributed by atoms with Crippen LogP contribution in [-0.4, -0.2) is 54.8 Å². The zero-order chi connectivity index (χ0) is 19.6. The number of benzene rings is 2. The average Bonchev–Trinajstić information content (AvgIpc) is 2.88. The minimum absolute atomic E-state index is 0.213. The van der Waals surface area contributed by atoms with Gasteiger partial charge in [-0.25, -0.2) is 0 Å². The lowest BCUT2D eigenvalue weighted by Crippen LogP contribution is -2.28. The Kier molecular flexibility index (Phi) is 5.46. The van der Waals surface area contributed by atoms with Crippen LogP contribution in [0.1, 0.15) is 37.5 Å². The Morgan fingerprint density at radius 3 is 2.59 bits per heavy atom. The molecule has 2 aromatic rings. The Morgan fingerprint density at radius 2 is 1.85 bits per heavy atom. The second-order valence-electron chi connectivity index (χ2n) is 6.32. The molecule has 1 aliphatic heterocycles. The largest absolute Gasteiger partial charge is 0.493 e. The molecule has 0 fully saturated rings. The van der Waals surface area contributed by atoms with Crippen LogP contribution in [0.2, 0.25) is 5.02 Å². The fourth-order valence-electron chi connectivity index (χ4n) is 2.86. The molecule has 0 spiro atoms. The zero-order valence-corrected chi connectivity index (χ0v) is 15.8. The van der Waals surface area contributed by atoms with Crippen molar-refractivity contribution in [2.45, 2.75) is 6.42 Å². The van der Waals surface area contributed by atoms with E-state index in [0.29, 0.717) is 41.5 Å². The van der Waals surface area contributed by atoms with Gasteiger partial charge in [-0.1, -0.05) is 17.7 Å². The number of rotatable bonds is 6. The lowest BCUT2D eigenvalue weighted by atomic mass is 10.0. The molecule has 0 bridgehead atoms. The van der Waals surface area contributed by atoms with Gasteiger partial charge in [0.1, 0.15) is 5.75 Å². The number of halogens is 1. The summed E-state index contributed by atoms with van der Waals surface area (Å²) in [6.45, 7) is 0.934. The molecule has 3 amide bonds. The van der Waals surface area contributed by atoms with Crippen molar-refractivity contribution in [3.05, 3.63) is 64.2 Å². The fraction of sp³-hybridized carbons (Fsp3) is 0.250. The highest BCUT2D eigenvalue weighted by Crippen LogP contribution is 2.23. The summed E-state index contributed by atoms with van der Waals surface area (Å²) < 4.78 is 5.61. The number of carbonyl (C=O) groups is 3. The van der Waals surface area contributed by atoms with E-state index in [4.69, 9.17) is 16.3 Å². The summed E-state index contributed by atoms with van der Waals surface area (Å²) in [5.41, 5.74) is 0.978. The first-order chi connectivity index (χ1) is 12.9. The van der Waals surface area contributed by atoms with Crippen molar-refractivity contribution in [3.8, 4) is 5.75 Å². The summed E-state index contributed by atoms with van der Waals surface area (Å²) in [5.74, 6) is -0.263. The molecule has 6 nitrogen and oxygen atoms in total. The number of fused-ring (bicyclic) bond motifs is 1. The molecule has 1 heterocycles. The van der Waals surface area contributed by atoms with E-state index >= 15 is 0 Å². The van der Waals surface area contributed by atoms with Crippen LogP contribution in [0.4, 0.5) is 0 Å². The Bertz CT molecular complexity index is 913. The van der Waals surface area contributed by atoms with Crippen LogP contribution in [0.25, 0.3) is 0 Å². The summed E-state index contributed by atoms with van der Waals surface area (Å²) in [6.07, 6.45) is 0.639. The highest BCUT2D eigenvalue weighted by molar-refractivity contribution is 6.30. The van der Waals surface area contributed by atoms with Crippen molar-refractivity contribution in [1.29, 1.82) is 0 Å². The lowest BCUT2D eigenvalue weighted by Gasteiger charge is -2.17. The maximum atomic E-state index is 12.6. The molecule has 7 heteroatoms. The molecule has 1 aliphatic rings. The van der Waals surface area contributed by atoms with Crippen LogP contribution in [0.3, 0.4) is 0 Å². The third-order valence-corrected chi connectivity index (χ3v) is 4.62. The van der Waals surface area contributed by atoms with Crippen LogP contribution in [0, 0.1) is 0 Å². The summed E-state index contributed by atoms with van der Waals surface area (Å²) in [6, 6.07) is 11.7. The molecule has 0 saturated carbocycles. The maximum absolute atomic E-state index is 12.6. The molecule has 140 valence electrons. The average molecular weight is 387 g/mol. The molecule has 0 atom stereocenters. The van der Waals surface area contributed by atoms with Gasteiger partial charge < -0.3 is 9.64 Å². The molecule has 0 saturated heterocycles. The number of ether oxygens (including phenoxy) is 1. The zero-order valence-electron chi connectivity index (χ0n) is 15.1. The van der Waals surface area contributed by atoms with Crippen molar-refractivity contribution in [2.24, 2.45) is 0 Å². The second-order valence-corrected chi connectivity index (χ2v) is 6.75. The Morgan fingerprint density at radius 1 is 1.11 bits per heavy atom. The van der Waals surface area contributed by atoms with Gasteiger partial charge in [-0.3, -0.25) is 19.3 Å². The number of carbonyl (C=O) groups excluding carboxylic acids is 3. The van der Waals surface area contributed by atoms with E-state index in [1.54, 1.807) is 30.1 Å². The first kappa shape index (κ1) is 18.9. The highest BCUT2D eigenvalue weighted by Gasteiger charge is 2.33. The smallest absolute Gasteiger partial charge is 0.261 e. The molecular formula is C20H19ClN2O4.